The van der Waals surface area contributed by atoms with Gasteiger partial charge in [0.2, 0.25) is 27.7 Å². The number of carbonyl (C=O) groups excluding carboxylic acids is 7. The van der Waals surface area contributed by atoms with Gasteiger partial charge in [-0.3, -0.25) is 48.5 Å². The van der Waals surface area contributed by atoms with E-state index in [4.69, 9.17) is 94.0 Å². The molecule has 48 nitrogen and oxygen atoms in total. The number of carboxylic acid groups (broad SMARTS) is 2. The molecule has 53 heteroatoms. The number of benzene rings is 2. The van der Waals surface area contributed by atoms with E-state index in [1.54, 1.807) is 44.0 Å². The number of carboxylic acids is 2. The lowest BCUT2D eigenvalue weighted by Gasteiger charge is -2.27. The Hall–Kier alpha value is -15.0. The van der Waals surface area contributed by atoms with Crippen molar-refractivity contribution in [1.82, 2.24) is 94.9 Å². The monoisotopic (exact) mass is 1880 g/mol. The zero-order valence-corrected chi connectivity index (χ0v) is 71.9. The SMILES string of the molecule is CC(=O)Nc1cccc(Nc2ncc(C(N)=O)c(NC3CCC3)n2)c1.CCOC(=O)c1c[nH]c(=O)[nH]c1=O.CCOC(=O)c1cnc(Cl)nc1Cl.CCOC(=O)c1cnc(Cl)nc1NC1CCC1.NC(=O)c1cnc(On2nnc3ccccc32)nc1NC1CCC1.O=C(Cl)c1c[nH]c(=O)[nH]c1=O.O=C(O)c1c[nH]c(=O)[nH]c1=O.O=C(O)c1cnc(Cl)nc1NC1CCC1. The summed E-state index contributed by atoms with van der Waals surface area (Å²) in [5.74, 6) is -3.52. The highest BCUT2D eigenvalue weighted by Gasteiger charge is 2.27. The average molecular weight is 1880 g/mol. The van der Waals surface area contributed by atoms with Crippen molar-refractivity contribution in [3.8, 4) is 6.01 Å². The molecular formula is C76H80Cl5N27O21. The van der Waals surface area contributed by atoms with Crippen molar-refractivity contribution in [2.24, 2.45) is 11.5 Å². The molecule has 4 saturated carbocycles. The molecule has 0 saturated heterocycles. The van der Waals surface area contributed by atoms with Gasteiger partial charge in [0.25, 0.3) is 33.7 Å². The summed E-state index contributed by atoms with van der Waals surface area (Å²) in [7, 11) is 0. The predicted molar refractivity (Wildman–Crippen MR) is 465 cm³/mol. The fourth-order valence-corrected chi connectivity index (χ4v) is 11.2. The lowest BCUT2D eigenvalue weighted by molar-refractivity contribution is -0.114. The molecule has 9 heterocycles. The molecule has 0 unspecified atom stereocenters. The zero-order chi connectivity index (χ0) is 94.0. The van der Waals surface area contributed by atoms with Gasteiger partial charge in [-0.15, -0.1) is 5.10 Å². The van der Waals surface area contributed by atoms with Gasteiger partial charge in [0.15, 0.2) is 0 Å². The largest absolute Gasteiger partial charge is 0.477 e. The van der Waals surface area contributed by atoms with Crippen molar-refractivity contribution in [3.63, 3.8) is 0 Å². The lowest BCUT2D eigenvalue weighted by Crippen LogP contribution is -2.29. The van der Waals surface area contributed by atoms with Crippen molar-refractivity contribution < 1.29 is 72.4 Å². The number of hydrogen-bond acceptors (Lipinski definition) is 36. The van der Waals surface area contributed by atoms with Crippen LogP contribution >= 0.6 is 58.0 Å². The number of carbonyl (C=O) groups is 9. The molecule has 9 aromatic heterocycles. The van der Waals surface area contributed by atoms with Crippen molar-refractivity contribution in [2.75, 3.05) is 51.7 Å². The minimum Gasteiger partial charge on any atom is -0.477 e. The van der Waals surface area contributed by atoms with Crippen LogP contribution in [0.2, 0.25) is 21.0 Å². The maximum Gasteiger partial charge on any atom is 0.347 e. The third kappa shape index (κ3) is 31.0. The molecule has 4 aliphatic carbocycles. The maximum atomic E-state index is 11.7. The van der Waals surface area contributed by atoms with Crippen LogP contribution in [0.5, 0.6) is 6.01 Å². The molecule has 18 N–H and O–H groups in total. The highest BCUT2D eigenvalue weighted by molar-refractivity contribution is 6.67. The van der Waals surface area contributed by atoms with Crippen LogP contribution < -0.4 is 82.0 Å². The molecule has 0 spiro atoms. The van der Waals surface area contributed by atoms with E-state index < -0.39 is 86.2 Å². The Morgan fingerprint density at radius 1 is 0.473 bits per heavy atom. The standard InChI is InChI=1S/C17H20N6O2.C15H15N7O2.C11H14ClN3O2.C9H10ClN3O2.C7H6Cl2N2O2.C7H8N2O4.C5H3ClN2O3.C5H4N2O4/c1-10(24)20-12-6-3-7-13(8-12)22-17-19-9-14(15(18)25)16(23-17)21-11-4-2-5-11;16-13(23)10-8-17-15(19-14(10)18-9-4-3-5-9)24-22-12-7-2-1-6-11(12)20-21-22;1-2-17-10(16)8-6-13-11(12)15-9(8)14-7-4-3-5-7;10-9-11-4-6(8(14)15)7(13-9)12-5-2-1-3-5;1-2-13-6(12)4-3-10-7(9)11-5(4)8;1-2-13-6(11)4-3-8-7(12)9-5(4)10;6-3(9)2-1-7-5(11)8-4(2)10;8-3-2(4(9)10)1-6-5(11)7-3/h3,6-9,11H,2,4-5H2,1H3,(H2,18,25)(H,20,24)(H2,19,21,22,23);1-2,6-9H,3-5H2,(H2,16,23)(H,17,18,19);6-7H,2-5H2,1H3,(H,13,14,15);4-5H,1-3H2,(H,14,15)(H,11,12,13);3H,2H2,1H3;3H,2H2,1H3,(H2,8,9,10,12);1H,(H2,7,8,10,11);1H,(H,9,10)(H2,6,7,8,11). The number of aromatic nitrogens is 19. The van der Waals surface area contributed by atoms with Crippen LogP contribution in [-0.4, -0.2) is 202 Å². The molecule has 2 aromatic carbocycles. The summed E-state index contributed by atoms with van der Waals surface area (Å²) >= 11 is 27.4. The third-order valence-corrected chi connectivity index (χ3v) is 18.7. The van der Waals surface area contributed by atoms with E-state index in [-0.39, 0.29) is 85.6 Å². The van der Waals surface area contributed by atoms with E-state index in [0.29, 0.717) is 81.9 Å². The number of halogens is 5. The number of fused-ring (bicyclic) bond motifs is 1. The number of nitrogens with one attached hydrogen (secondary N) is 12. The van der Waals surface area contributed by atoms with Gasteiger partial charge in [0, 0.05) is 92.0 Å². The fraction of sp³-hybridized carbons (Fsp3) is 0.303. The minimum absolute atomic E-state index is 0.00144. The highest BCUT2D eigenvalue weighted by Crippen LogP contribution is 2.30. The fourth-order valence-electron chi connectivity index (χ4n) is 10.5. The summed E-state index contributed by atoms with van der Waals surface area (Å²) in [6, 6.07) is 15.9. The Morgan fingerprint density at radius 2 is 0.876 bits per heavy atom. The first kappa shape index (κ1) is 99.4. The van der Waals surface area contributed by atoms with Crippen LogP contribution in [0.4, 0.5) is 40.6 Å². The number of anilines is 7. The van der Waals surface area contributed by atoms with Gasteiger partial charge in [-0.2, -0.15) is 19.9 Å². The molecule has 0 radical (unpaired) electrons. The number of aromatic carboxylic acids is 2. The Balaban J connectivity index is 0.000000186. The summed E-state index contributed by atoms with van der Waals surface area (Å²) in [6.45, 7) is 7.30. The van der Waals surface area contributed by atoms with Crippen LogP contribution in [0.25, 0.3) is 11.0 Å². The molecular weight excluding hydrogens is 1800 g/mol. The summed E-state index contributed by atoms with van der Waals surface area (Å²) < 4.78 is 14.2. The minimum atomic E-state index is -1.37. The molecule has 129 heavy (non-hydrogen) atoms. The number of nitrogens with two attached hydrogens (primary N) is 2. The number of para-hydroxylation sites is 1. The number of amides is 3. The maximum absolute atomic E-state index is 11.7. The van der Waals surface area contributed by atoms with Crippen molar-refractivity contribution >= 4 is 162 Å². The van der Waals surface area contributed by atoms with Gasteiger partial charge in [0.05, 0.1) is 25.4 Å². The van der Waals surface area contributed by atoms with Crippen LogP contribution in [-0.2, 0) is 19.0 Å². The van der Waals surface area contributed by atoms with Gasteiger partial charge in [0.1, 0.15) is 78.4 Å². The van der Waals surface area contributed by atoms with E-state index in [1.807, 2.05) is 45.3 Å². The topological polar surface area (TPSA) is 712 Å². The Bertz CT molecular complexity index is 6160. The second-order valence-electron chi connectivity index (χ2n) is 26.8. The highest BCUT2D eigenvalue weighted by atomic mass is 35.5. The summed E-state index contributed by atoms with van der Waals surface area (Å²) in [5.41, 5.74) is 9.12. The molecule has 0 bridgehead atoms. The van der Waals surface area contributed by atoms with Gasteiger partial charge >= 0.3 is 52.9 Å². The van der Waals surface area contributed by atoms with Gasteiger partial charge in [-0.1, -0.05) is 34.6 Å². The summed E-state index contributed by atoms with van der Waals surface area (Å²) in [6.07, 6.45) is 22.6. The molecule has 4 fully saturated rings. The van der Waals surface area contributed by atoms with Crippen molar-refractivity contribution in [3.05, 3.63) is 226 Å². The quantitative estimate of drug-likeness (QED) is 0.00968. The molecule has 11 aromatic rings. The van der Waals surface area contributed by atoms with Crippen molar-refractivity contribution in [2.45, 2.75) is 129 Å². The summed E-state index contributed by atoms with van der Waals surface area (Å²) in [4.78, 5) is 221. The lowest BCUT2D eigenvalue weighted by atomic mass is 9.93. The number of primary amides is 2. The number of nitrogens with zero attached hydrogens (tertiary/aromatic N) is 13. The van der Waals surface area contributed by atoms with Crippen LogP contribution in [0.1, 0.15) is 188 Å². The first-order valence-corrected chi connectivity index (χ1v) is 40.4. The van der Waals surface area contributed by atoms with E-state index >= 15 is 0 Å². The van der Waals surface area contributed by atoms with Gasteiger partial charge in [-0.05, 0) is 180 Å². The summed E-state index contributed by atoms with van der Waals surface area (Å²) in [5, 5.41) is 42.9. The second-order valence-corrected chi connectivity index (χ2v) is 28.5. The van der Waals surface area contributed by atoms with E-state index in [1.165, 1.54) is 55.6 Å². The van der Waals surface area contributed by atoms with Crippen molar-refractivity contribution in [1.29, 1.82) is 0 Å². The van der Waals surface area contributed by atoms with Gasteiger partial charge in [-0.25, -0.2) is 68.3 Å². The molecule has 0 atom stereocenters. The zero-order valence-electron chi connectivity index (χ0n) is 68.2. The normalized spacial score (nSPS) is 12.7. The van der Waals surface area contributed by atoms with E-state index in [9.17, 15) is 71.9 Å². The first-order valence-electron chi connectivity index (χ1n) is 38.5. The van der Waals surface area contributed by atoms with Crippen LogP contribution in [0, 0.1) is 0 Å². The van der Waals surface area contributed by atoms with Crippen LogP contribution in [0.15, 0.2) is 127 Å². The molecule has 680 valence electrons. The second kappa shape index (κ2) is 49.0. The molecule has 0 aliphatic heterocycles. The van der Waals surface area contributed by atoms with Gasteiger partial charge < -0.3 is 87.6 Å². The number of aromatic amines is 6. The van der Waals surface area contributed by atoms with E-state index in [0.717, 1.165) is 82.8 Å². The van der Waals surface area contributed by atoms with Crippen LogP contribution in [0.3, 0.4) is 0 Å². The average Bonchev–Trinajstić information content (AvgIpc) is 1.71. The molecule has 4 aliphatic rings. The smallest absolute Gasteiger partial charge is 0.347 e. The molecule has 3 amide bonds. The Kier molecular flexibility index (Phi) is 37.8. The Labute approximate surface area is 750 Å². The number of esters is 3. The number of ether oxygens (including phenoxy) is 3. The number of hydrogen-bond donors (Lipinski definition) is 16. The first-order chi connectivity index (χ1) is 61.6. The number of rotatable bonds is 24. The number of H-pyrrole nitrogens is 6. The molecule has 15 rings (SSSR count). The third-order valence-electron chi connectivity index (χ3n) is 17.6. The predicted octanol–water partition coefficient (Wildman–Crippen LogP) is 6.84. The van der Waals surface area contributed by atoms with E-state index in [2.05, 4.69) is 107 Å². The Morgan fingerprint density at radius 3 is 1.32 bits per heavy atom.